The molecule has 0 aliphatic heterocycles. The third-order valence-electron chi connectivity index (χ3n) is 3.68. The van der Waals surface area contributed by atoms with Crippen molar-refractivity contribution in [3.63, 3.8) is 0 Å². The molecule has 5 nitrogen and oxygen atoms in total. The number of carbonyl (C=O) groups is 1. The van der Waals surface area contributed by atoms with Crippen molar-refractivity contribution in [2.24, 2.45) is 0 Å². The summed E-state index contributed by atoms with van der Waals surface area (Å²) in [5.74, 6) is -1.26. The average molecular weight is 368 g/mol. The molecule has 0 saturated heterocycles. The summed E-state index contributed by atoms with van der Waals surface area (Å²) in [6.07, 6.45) is 0. The Morgan fingerprint density at radius 2 is 1.88 bits per heavy atom. The first kappa shape index (κ1) is 18.3. The molecule has 0 aromatic heterocycles. The summed E-state index contributed by atoms with van der Waals surface area (Å²) < 4.78 is 28.1. The standard InChI is InChI=1S/C17H18ClNO4S/c1-10(2)13-8-7-12(17(20)21)9-16(13)24(22,23)19-15-6-4-5-14(18)11(15)3/h4-10,19H,1-3H3,(H,20,21). The van der Waals surface area contributed by atoms with Crippen molar-refractivity contribution in [2.45, 2.75) is 31.6 Å². The van der Waals surface area contributed by atoms with Gasteiger partial charge in [0.1, 0.15) is 0 Å². The molecule has 0 atom stereocenters. The fraction of sp³-hybridized carbons (Fsp3) is 0.235. The summed E-state index contributed by atoms with van der Waals surface area (Å²) in [6, 6.07) is 9.03. The Hall–Kier alpha value is -2.05. The Labute approximate surface area is 146 Å². The highest BCUT2D eigenvalue weighted by atomic mass is 35.5. The van der Waals surface area contributed by atoms with E-state index in [0.717, 1.165) is 0 Å². The number of carboxylic acids is 1. The molecule has 2 aromatic carbocycles. The summed E-state index contributed by atoms with van der Waals surface area (Å²) in [5, 5.41) is 9.59. The van der Waals surface area contributed by atoms with Gasteiger partial charge in [-0.25, -0.2) is 13.2 Å². The quantitative estimate of drug-likeness (QED) is 0.826. The maximum absolute atomic E-state index is 12.8. The van der Waals surface area contributed by atoms with Crippen molar-refractivity contribution >= 4 is 33.3 Å². The summed E-state index contributed by atoms with van der Waals surface area (Å²) >= 11 is 6.02. The van der Waals surface area contributed by atoms with Gasteiger partial charge in [-0.05, 0) is 48.2 Å². The molecule has 0 heterocycles. The van der Waals surface area contributed by atoms with E-state index in [1.165, 1.54) is 18.2 Å². The third kappa shape index (κ3) is 3.71. The normalized spacial score (nSPS) is 11.5. The van der Waals surface area contributed by atoms with Crippen LogP contribution in [0.3, 0.4) is 0 Å². The van der Waals surface area contributed by atoms with Gasteiger partial charge in [0.05, 0.1) is 16.1 Å². The number of sulfonamides is 1. The highest BCUT2D eigenvalue weighted by Gasteiger charge is 2.23. The fourth-order valence-electron chi connectivity index (χ4n) is 2.29. The van der Waals surface area contributed by atoms with E-state index in [1.807, 2.05) is 13.8 Å². The van der Waals surface area contributed by atoms with Crippen LogP contribution in [-0.2, 0) is 10.0 Å². The molecule has 0 bridgehead atoms. The van der Waals surface area contributed by atoms with Crippen LogP contribution >= 0.6 is 11.6 Å². The van der Waals surface area contributed by atoms with Crippen LogP contribution in [-0.4, -0.2) is 19.5 Å². The van der Waals surface area contributed by atoms with Crippen molar-refractivity contribution in [3.05, 3.63) is 58.1 Å². The van der Waals surface area contributed by atoms with Gasteiger partial charge in [-0.3, -0.25) is 4.72 Å². The molecule has 7 heteroatoms. The predicted molar refractivity (Wildman–Crippen MR) is 94.5 cm³/mol. The molecule has 2 N–H and O–H groups in total. The first-order chi connectivity index (χ1) is 11.1. The molecular formula is C17H18ClNO4S. The molecular weight excluding hydrogens is 350 g/mol. The number of benzene rings is 2. The van der Waals surface area contributed by atoms with Crippen molar-refractivity contribution in [1.82, 2.24) is 0 Å². The maximum atomic E-state index is 12.8. The fourth-order valence-corrected chi connectivity index (χ4v) is 3.99. The maximum Gasteiger partial charge on any atom is 0.335 e. The Morgan fingerprint density at radius 3 is 2.46 bits per heavy atom. The van der Waals surface area contributed by atoms with Crippen LogP contribution in [0.25, 0.3) is 0 Å². The first-order valence-electron chi connectivity index (χ1n) is 7.28. The van der Waals surface area contributed by atoms with Crippen molar-refractivity contribution in [2.75, 3.05) is 4.72 Å². The molecule has 0 spiro atoms. The average Bonchev–Trinajstić information content (AvgIpc) is 2.51. The highest BCUT2D eigenvalue weighted by molar-refractivity contribution is 7.92. The van der Waals surface area contributed by atoms with Gasteiger partial charge in [-0.1, -0.05) is 37.6 Å². The van der Waals surface area contributed by atoms with Gasteiger partial charge in [0.15, 0.2) is 0 Å². The van der Waals surface area contributed by atoms with Gasteiger partial charge in [0, 0.05) is 5.02 Å². The van der Waals surface area contributed by atoms with E-state index in [2.05, 4.69) is 4.72 Å². The summed E-state index contributed by atoms with van der Waals surface area (Å²) in [4.78, 5) is 11.1. The lowest BCUT2D eigenvalue weighted by Gasteiger charge is -2.16. The summed E-state index contributed by atoms with van der Waals surface area (Å²) in [5.41, 5.74) is 1.43. The second-order valence-corrected chi connectivity index (χ2v) is 7.79. The van der Waals surface area contributed by atoms with Crippen LogP contribution in [0.1, 0.15) is 41.3 Å². The molecule has 0 aliphatic rings. The number of carboxylic acid groups (broad SMARTS) is 1. The zero-order valence-electron chi connectivity index (χ0n) is 13.5. The molecule has 0 saturated carbocycles. The Balaban J connectivity index is 2.57. The van der Waals surface area contributed by atoms with Gasteiger partial charge < -0.3 is 5.11 Å². The SMILES string of the molecule is Cc1c(Cl)cccc1NS(=O)(=O)c1cc(C(=O)O)ccc1C(C)C. The van der Waals surface area contributed by atoms with E-state index >= 15 is 0 Å². The van der Waals surface area contributed by atoms with E-state index < -0.39 is 16.0 Å². The van der Waals surface area contributed by atoms with E-state index in [0.29, 0.717) is 21.8 Å². The largest absolute Gasteiger partial charge is 0.478 e. The first-order valence-corrected chi connectivity index (χ1v) is 9.14. The van der Waals surface area contributed by atoms with Crippen LogP contribution in [0.2, 0.25) is 5.02 Å². The highest BCUT2D eigenvalue weighted by Crippen LogP contribution is 2.29. The molecule has 0 aliphatic carbocycles. The van der Waals surface area contributed by atoms with Gasteiger partial charge in [0.2, 0.25) is 0 Å². The summed E-state index contributed by atoms with van der Waals surface area (Å²) in [6.45, 7) is 5.40. The lowest BCUT2D eigenvalue weighted by Crippen LogP contribution is -2.17. The number of hydrogen-bond acceptors (Lipinski definition) is 3. The predicted octanol–water partition coefficient (Wildman–Crippen LogP) is 4.27. The Morgan fingerprint density at radius 1 is 1.21 bits per heavy atom. The number of hydrogen-bond donors (Lipinski definition) is 2. The zero-order valence-corrected chi connectivity index (χ0v) is 15.1. The minimum absolute atomic E-state index is 0.0447. The second-order valence-electron chi connectivity index (χ2n) is 5.73. The van der Waals surface area contributed by atoms with E-state index in [-0.39, 0.29) is 16.4 Å². The van der Waals surface area contributed by atoms with Gasteiger partial charge in [0.25, 0.3) is 10.0 Å². The molecule has 2 aromatic rings. The lowest BCUT2D eigenvalue weighted by molar-refractivity contribution is 0.0696. The molecule has 24 heavy (non-hydrogen) atoms. The lowest BCUT2D eigenvalue weighted by atomic mass is 10.0. The molecule has 128 valence electrons. The van der Waals surface area contributed by atoms with Gasteiger partial charge in [-0.2, -0.15) is 0 Å². The third-order valence-corrected chi connectivity index (χ3v) is 5.51. The number of nitrogens with one attached hydrogen (secondary N) is 1. The van der Waals surface area contributed by atoms with Gasteiger partial charge in [-0.15, -0.1) is 0 Å². The molecule has 0 unspecified atom stereocenters. The van der Waals surface area contributed by atoms with Crippen LogP contribution in [0.4, 0.5) is 5.69 Å². The second kappa shape index (κ2) is 6.83. The Kier molecular flexibility index (Phi) is 5.20. The van der Waals surface area contributed by atoms with E-state index in [4.69, 9.17) is 16.7 Å². The van der Waals surface area contributed by atoms with Crippen molar-refractivity contribution in [1.29, 1.82) is 0 Å². The van der Waals surface area contributed by atoms with Crippen LogP contribution in [0.5, 0.6) is 0 Å². The van der Waals surface area contributed by atoms with Crippen LogP contribution in [0.15, 0.2) is 41.3 Å². The topological polar surface area (TPSA) is 83.5 Å². The smallest absolute Gasteiger partial charge is 0.335 e. The van der Waals surface area contributed by atoms with Crippen molar-refractivity contribution in [3.8, 4) is 0 Å². The van der Waals surface area contributed by atoms with Crippen LogP contribution < -0.4 is 4.72 Å². The molecule has 0 radical (unpaired) electrons. The van der Waals surface area contributed by atoms with Gasteiger partial charge >= 0.3 is 5.97 Å². The van der Waals surface area contributed by atoms with Crippen LogP contribution in [0, 0.1) is 6.92 Å². The number of halogens is 1. The zero-order chi connectivity index (χ0) is 18.1. The number of anilines is 1. The Bertz CT molecular complexity index is 891. The van der Waals surface area contributed by atoms with E-state index in [9.17, 15) is 13.2 Å². The molecule has 0 fully saturated rings. The molecule has 0 amide bonds. The molecule has 2 rings (SSSR count). The minimum atomic E-state index is -3.96. The van der Waals surface area contributed by atoms with E-state index in [1.54, 1.807) is 25.1 Å². The van der Waals surface area contributed by atoms with Crippen molar-refractivity contribution < 1.29 is 18.3 Å². The minimum Gasteiger partial charge on any atom is -0.478 e. The summed E-state index contributed by atoms with van der Waals surface area (Å²) in [7, 11) is -3.96. The number of rotatable bonds is 5. The monoisotopic (exact) mass is 367 g/mol. The number of aromatic carboxylic acids is 1.